The third-order valence-corrected chi connectivity index (χ3v) is 3.40. The molecule has 0 radical (unpaired) electrons. The van der Waals surface area contributed by atoms with Crippen LogP contribution in [0.5, 0.6) is 0 Å². The van der Waals surface area contributed by atoms with Crippen molar-refractivity contribution in [1.82, 2.24) is 20.3 Å². The molecule has 1 N–H and O–H groups in total. The molecule has 18 heavy (non-hydrogen) atoms. The van der Waals surface area contributed by atoms with Crippen molar-refractivity contribution in [2.24, 2.45) is 7.05 Å². The lowest BCUT2D eigenvalue weighted by atomic mass is 10.0. The first-order chi connectivity index (χ1) is 8.65. The lowest BCUT2D eigenvalue weighted by Crippen LogP contribution is -2.24. The summed E-state index contributed by atoms with van der Waals surface area (Å²) in [6.07, 6.45) is 1.72. The van der Waals surface area contributed by atoms with Crippen molar-refractivity contribution in [3.05, 3.63) is 45.7 Å². The van der Waals surface area contributed by atoms with Gasteiger partial charge in [-0.25, -0.2) is 0 Å². The molecule has 0 saturated heterocycles. The Hall–Kier alpha value is -1.10. The summed E-state index contributed by atoms with van der Waals surface area (Å²) in [5.74, 6) is 0. The quantitative estimate of drug-likeness (QED) is 0.939. The lowest BCUT2D eigenvalue weighted by molar-refractivity contribution is 0.568. The molecule has 0 aliphatic carbocycles. The van der Waals surface area contributed by atoms with E-state index in [1.807, 2.05) is 32.2 Å². The maximum absolute atomic E-state index is 6.25. The van der Waals surface area contributed by atoms with Gasteiger partial charge in [-0.1, -0.05) is 41.4 Å². The molecular formula is C12H14Cl2N4. The number of rotatable bonds is 4. The Balaban J connectivity index is 2.52. The van der Waals surface area contributed by atoms with Gasteiger partial charge in [-0.05, 0) is 18.7 Å². The van der Waals surface area contributed by atoms with Gasteiger partial charge < -0.3 is 5.32 Å². The van der Waals surface area contributed by atoms with Crippen LogP contribution >= 0.6 is 23.2 Å². The summed E-state index contributed by atoms with van der Waals surface area (Å²) < 4.78 is 1.72. The topological polar surface area (TPSA) is 42.7 Å². The highest BCUT2D eigenvalue weighted by molar-refractivity contribution is 6.36. The van der Waals surface area contributed by atoms with Crippen molar-refractivity contribution in [2.45, 2.75) is 13.0 Å². The molecule has 2 aromatic rings. The monoisotopic (exact) mass is 284 g/mol. The Kier molecular flexibility index (Phi) is 4.22. The summed E-state index contributed by atoms with van der Waals surface area (Å²) in [5, 5.41) is 12.5. The normalized spacial score (nSPS) is 12.7. The van der Waals surface area contributed by atoms with Crippen molar-refractivity contribution >= 4 is 23.2 Å². The Morgan fingerprint density at radius 3 is 2.50 bits per heavy atom. The molecular weight excluding hydrogens is 271 g/mol. The average Bonchev–Trinajstić information content (AvgIpc) is 2.74. The predicted molar refractivity (Wildman–Crippen MR) is 73.0 cm³/mol. The van der Waals surface area contributed by atoms with Crippen LogP contribution in [0.15, 0.2) is 24.4 Å². The molecule has 0 bridgehead atoms. The highest BCUT2D eigenvalue weighted by atomic mass is 35.5. The Morgan fingerprint density at radius 1 is 1.33 bits per heavy atom. The fraction of sp³-hybridized carbons (Fsp3) is 0.333. The maximum atomic E-state index is 6.25. The highest BCUT2D eigenvalue weighted by Gasteiger charge is 2.22. The molecule has 1 unspecified atom stereocenters. The third-order valence-electron chi connectivity index (χ3n) is 2.74. The molecule has 0 fully saturated rings. The van der Waals surface area contributed by atoms with Crippen LogP contribution < -0.4 is 5.32 Å². The van der Waals surface area contributed by atoms with Crippen molar-refractivity contribution in [1.29, 1.82) is 0 Å². The number of nitrogens with zero attached hydrogens (tertiary/aromatic N) is 3. The van der Waals surface area contributed by atoms with Crippen LogP contribution in [0.1, 0.15) is 24.2 Å². The molecule has 6 heteroatoms. The fourth-order valence-corrected chi connectivity index (χ4v) is 2.52. The van der Waals surface area contributed by atoms with Gasteiger partial charge in [0.05, 0.1) is 17.9 Å². The maximum Gasteiger partial charge on any atom is 0.0799 e. The largest absolute Gasteiger partial charge is 0.305 e. The molecule has 0 aliphatic rings. The summed E-state index contributed by atoms with van der Waals surface area (Å²) in [7, 11) is 1.84. The van der Waals surface area contributed by atoms with Gasteiger partial charge in [-0.3, -0.25) is 4.68 Å². The first-order valence-corrected chi connectivity index (χ1v) is 6.42. The van der Waals surface area contributed by atoms with E-state index in [0.29, 0.717) is 10.0 Å². The molecule has 0 aliphatic heterocycles. The summed E-state index contributed by atoms with van der Waals surface area (Å²) in [5.41, 5.74) is 1.78. The van der Waals surface area contributed by atoms with Gasteiger partial charge in [0.15, 0.2) is 0 Å². The second-order valence-corrected chi connectivity index (χ2v) is 4.72. The van der Waals surface area contributed by atoms with Crippen LogP contribution in [-0.2, 0) is 7.05 Å². The zero-order valence-corrected chi connectivity index (χ0v) is 11.7. The molecule has 1 heterocycles. The molecule has 1 atom stereocenters. The van der Waals surface area contributed by atoms with Crippen LogP contribution in [-0.4, -0.2) is 21.5 Å². The number of hydrogen-bond donors (Lipinski definition) is 1. The first-order valence-electron chi connectivity index (χ1n) is 5.67. The van der Waals surface area contributed by atoms with Gasteiger partial charge in [0.25, 0.3) is 0 Å². The summed E-state index contributed by atoms with van der Waals surface area (Å²) in [6.45, 7) is 2.82. The molecule has 2 rings (SSSR count). The minimum absolute atomic E-state index is 0.115. The van der Waals surface area contributed by atoms with Crippen LogP contribution in [0, 0.1) is 0 Å². The van der Waals surface area contributed by atoms with E-state index in [0.717, 1.165) is 17.8 Å². The number of aromatic nitrogens is 3. The Bertz CT molecular complexity index is 518. The SMILES string of the molecule is CCNC(c1c(Cl)cccc1Cl)c1cnnn1C. The van der Waals surface area contributed by atoms with Gasteiger partial charge in [0.2, 0.25) is 0 Å². The van der Waals surface area contributed by atoms with E-state index in [1.54, 1.807) is 10.9 Å². The predicted octanol–water partition coefficient (Wildman–Crippen LogP) is 2.82. The highest BCUT2D eigenvalue weighted by Crippen LogP contribution is 2.33. The molecule has 0 spiro atoms. The van der Waals surface area contributed by atoms with E-state index >= 15 is 0 Å². The minimum Gasteiger partial charge on any atom is -0.305 e. The zero-order valence-electron chi connectivity index (χ0n) is 10.2. The van der Waals surface area contributed by atoms with E-state index in [1.165, 1.54) is 0 Å². The molecule has 1 aromatic heterocycles. The smallest absolute Gasteiger partial charge is 0.0799 e. The number of halogens is 2. The number of benzene rings is 1. The minimum atomic E-state index is -0.115. The first kappa shape index (κ1) is 13.3. The van der Waals surface area contributed by atoms with Crippen LogP contribution in [0.3, 0.4) is 0 Å². The van der Waals surface area contributed by atoms with E-state index in [2.05, 4.69) is 15.6 Å². The van der Waals surface area contributed by atoms with Crippen molar-refractivity contribution < 1.29 is 0 Å². The Morgan fingerprint density at radius 2 is 2.00 bits per heavy atom. The second kappa shape index (κ2) is 5.69. The summed E-state index contributed by atoms with van der Waals surface area (Å²) in [6, 6.07) is 5.38. The van der Waals surface area contributed by atoms with Crippen molar-refractivity contribution in [3.8, 4) is 0 Å². The van der Waals surface area contributed by atoms with Crippen LogP contribution in [0.4, 0.5) is 0 Å². The second-order valence-electron chi connectivity index (χ2n) is 3.91. The van der Waals surface area contributed by atoms with Crippen LogP contribution in [0.25, 0.3) is 0 Å². The third kappa shape index (κ3) is 2.51. The van der Waals surface area contributed by atoms with Gasteiger partial charge in [-0.2, -0.15) is 0 Å². The number of hydrogen-bond acceptors (Lipinski definition) is 3. The molecule has 1 aromatic carbocycles. The average molecular weight is 285 g/mol. The molecule has 0 saturated carbocycles. The van der Waals surface area contributed by atoms with Gasteiger partial charge >= 0.3 is 0 Å². The molecule has 96 valence electrons. The fourth-order valence-electron chi connectivity index (χ4n) is 1.90. The van der Waals surface area contributed by atoms with Gasteiger partial charge in [-0.15, -0.1) is 5.10 Å². The lowest BCUT2D eigenvalue weighted by Gasteiger charge is -2.20. The van der Waals surface area contributed by atoms with E-state index < -0.39 is 0 Å². The summed E-state index contributed by atoms with van der Waals surface area (Å²) in [4.78, 5) is 0. The van der Waals surface area contributed by atoms with Crippen molar-refractivity contribution in [2.75, 3.05) is 6.54 Å². The zero-order chi connectivity index (χ0) is 13.1. The summed E-state index contributed by atoms with van der Waals surface area (Å²) >= 11 is 12.5. The molecule has 4 nitrogen and oxygen atoms in total. The van der Waals surface area contributed by atoms with E-state index in [9.17, 15) is 0 Å². The van der Waals surface area contributed by atoms with E-state index in [4.69, 9.17) is 23.2 Å². The Labute approximate surface area is 116 Å². The van der Waals surface area contributed by atoms with E-state index in [-0.39, 0.29) is 6.04 Å². The molecule has 0 amide bonds. The van der Waals surface area contributed by atoms with Gasteiger partial charge in [0, 0.05) is 22.7 Å². The van der Waals surface area contributed by atoms with Crippen LogP contribution in [0.2, 0.25) is 10.0 Å². The number of nitrogens with one attached hydrogen (secondary N) is 1. The number of aryl methyl sites for hydroxylation is 1. The van der Waals surface area contributed by atoms with Gasteiger partial charge in [0.1, 0.15) is 0 Å². The standard InChI is InChI=1S/C12H14Cl2N4/c1-3-15-12(10-7-16-17-18(10)2)11-8(13)5-4-6-9(11)14/h4-7,12,15H,3H2,1-2H3. The van der Waals surface area contributed by atoms with Crippen molar-refractivity contribution in [3.63, 3.8) is 0 Å².